The Bertz CT molecular complexity index is 298. The number of hydrogen-bond acceptors (Lipinski definition) is 3. The lowest BCUT2D eigenvalue weighted by atomic mass is 10.2. The molecule has 0 spiro atoms. The van der Waals surface area contributed by atoms with Crippen LogP contribution in [0.1, 0.15) is 23.1 Å². The molecule has 0 fully saturated rings. The first-order valence-electron chi connectivity index (χ1n) is 3.11. The Kier molecular flexibility index (Phi) is 1.94. The number of aromatic nitrogens is 2. The molecule has 0 atom stereocenters. The number of carbonyl (C=O) groups is 1. The Balaban J connectivity index is 3.20. The second kappa shape index (κ2) is 2.74. The van der Waals surface area contributed by atoms with Crippen LogP contribution in [0.4, 0.5) is 4.39 Å². The summed E-state index contributed by atoms with van der Waals surface area (Å²) < 4.78 is 12.7. The predicted octanol–water partition coefficient (Wildman–Crippen LogP) is 1.13. The normalized spacial score (nSPS) is 9.73. The van der Waals surface area contributed by atoms with E-state index in [2.05, 4.69) is 9.97 Å². The maximum atomic E-state index is 12.7. The molecular weight excluding hydrogens is 147 g/mol. The van der Waals surface area contributed by atoms with E-state index in [0.717, 1.165) is 0 Å². The molecular formula is C7H7FN2O. The summed E-state index contributed by atoms with van der Waals surface area (Å²) in [4.78, 5) is 17.7. The number of nitrogens with zero attached hydrogens (tertiary/aromatic N) is 2. The summed E-state index contributed by atoms with van der Waals surface area (Å²) in [6, 6.07) is 0. The molecule has 0 saturated carbocycles. The Morgan fingerprint density at radius 3 is 2.73 bits per heavy atom. The van der Waals surface area contributed by atoms with Crippen LogP contribution >= 0.6 is 0 Å². The molecule has 0 amide bonds. The van der Waals surface area contributed by atoms with Crippen molar-refractivity contribution in [3.8, 4) is 0 Å². The summed E-state index contributed by atoms with van der Waals surface area (Å²) in [5.74, 6) is -0.778. The molecule has 0 radical (unpaired) electrons. The average molecular weight is 154 g/mol. The number of carbonyl (C=O) groups excluding carboxylic acids is 1. The lowest BCUT2D eigenvalue weighted by molar-refractivity contribution is 0.101. The van der Waals surface area contributed by atoms with Gasteiger partial charge in [-0.3, -0.25) is 4.79 Å². The van der Waals surface area contributed by atoms with Gasteiger partial charge in [0.15, 0.2) is 5.78 Å². The van der Waals surface area contributed by atoms with Gasteiger partial charge >= 0.3 is 0 Å². The van der Waals surface area contributed by atoms with Crippen LogP contribution in [0.25, 0.3) is 0 Å². The fourth-order valence-electron chi connectivity index (χ4n) is 0.679. The maximum absolute atomic E-state index is 12.7. The molecule has 1 aromatic rings. The van der Waals surface area contributed by atoms with Crippen molar-refractivity contribution in [3.63, 3.8) is 0 Å². The first-order valence-corrected chi connectivity index (χ1v) is 3.11. The highest BCUT2D eigenvalue weighted by Crippen LogP contribution is 2.02. The van der Waals surface area contributed by atoms with E-state index in [1.807, 2.05) is 0 Å². The summed E-state index contributed by atoms with van der Waals surface area (Å²) in [5, 5.41) is 0. The molecule has 0 N–H and O–H groups in total. The van der Waals surface area contributed by atoms with Crippen molar-refractivity contribution >= 4 is 5.78 Å². The molecule has 0 bridgehead atoms. The average Bonchev–Trinajstić information content (AvgIpc) is 1.85. The van der Waals surface area contributed by atoms with Crippen molar-refractivity contribution in [2.75, 3.05) is 0 Å². The van der Waals surface area contributed by atoms with Gasteiger partial charge < -0.3 is 0 Å². The second-order valence-electron chi connectivity index (χ2n) is 2.18. The van der Waals surface area contributed by atoms with E-state index in [-0.39, 0.29) is 11.3 Å². The monoisotopic (exact) mass is 154 g/mol. The molecule has 0 unspecified atom stereocenters. The van der Waals surface area contributed by atoms with Crippen molar-refractivity contribution in [1.29, 1.82) is 0 Å². The SMILES string of the molecule is CC(=O)c1cnc(C)nc1F. The van der Waals surface area contributed by atoms with Crippen molar-refractivity contribution in [2.24, 2.45) is 0 Å². The van der Waals surface area contributed by atoms with Crippen LogP contribution in [0.5, 0.6) is 0 Å². The quantitative estimate of drug-likeness (QED) is 0.449. The van der Waals surface area contributed by atoms with E-state index in [9.17, 15) is 9.18 Å². The molecule has 0 aliphatic carbocycles. The van der Waals surface area contributed by atoms with Crippen LogP contribution in [0, 0.1) is 12.9 Å². The zero-order chi connectivity index (χ0) is 8.43. The number of rotatable bonds is 1. The first-order chi connectivity index (χ1) is 5.11. The van der Waals surface area contributed by atoms with Crippen LogP contribution < -0.4 is 0 Å². The number of hydrogen-bond donors (Lipinski definition) is 0. The van der Waals surface area contributed by atoms with E-state index in [0.29, 0.717) is 5.82 Å². The van der Waals surface area contributed by atoms with E-state index in [4.69, 9.17) is 0 Å². The molecule has 58 valence electrons. The number of ketones is 1. The third-order valence-corrected chi connectivity index (χ3v) is 1.24. The maximum Gasteiger partial charge on any atom is 0.227 e. The van der Waals surface area contributed by atoms with Gasteiger partial charge in [-0.15, -0.1) is 0 Å². The molecule has 1 rings (SSSR count). The zero-order valence-corrected chi connectivity index (χ0v) is 6.26. The lowest BCUT2D eigenvalue weighted by Gasteiger charge is -1.96. The number of aryl methyl sites for hydroxylation is 1. The van der Waals surface area contributed by atoms with Gasteiger partial charge in [0.05, 0.1) is 5.56 Å². The summed E-state index contributed by atoms with van der Waals surface area (Å²) in [5.41, 5.74) is -0.0596. The van der Waals surface area contributed by atoms with E-state index >= 15 is 0 Å². The van der Waals surface area contributed by atoms with Crippen LogP contribution in [0.15, 0.2) is 6.20 Å². The zero-order valence-electron chi connectivity index (χ0n) is 6.26. The minimum atomic E-state index is -0.745. The Morgan fingerprint density at radius 1 is 1.64 bits per heavy atom. The highest BCUT2D eigenvalue weighted by atomic mass is 19.1. The van der Waals surface area contributed by atoms with Crippen LogP contribution in [-0.4, -0.2) is 15.8 Å². The summed E-state index contributed by atoms with van der Waals surface area (Å²) in [6.45, 7) is 2.84. The highest BCUT2D eigenvalue weighted by molar-refractivity contribution is 5.93. The molecule has 0 saturated heterocycles. The van der Waals surface area contributed by atoms with Crippen LogP contribution in [0.2, 0.25) is 0 Å². The molecule has 1 aromatic heterocycles. The third-order valence-electron chi connectivity index (χ3n) is 1.24. The van der Waals surface area contributed by atoms with Crippen LogP contribution in [-0.2, 0) is 0 Å². The van der Waals surface area contributed by atoms with Gasteiger partial charge in [0.2, 0.25) is 5.95 Å². The smallest absolute Gasteiger partial charge is 0.227 e. The largest absolute Gasteiger partial charge is 0.294 e. The molecule has 1 heterocycles. The number of Topliss-reactive ketones (excluding diaryl/α,β-unsaturated/α-hetero) is 1. The Morgan fingerprint density at radius 2 is 2.27 bits per heavy atom. The van der Waals surface area contributed by atoms with Crippen molar-refractivity contribution in [3.05, 3.63) is 23.5 Å². The molecule has 4 heteroatoms. The van der Waals surface area contributed by atoms with Crippen molar-refractivity contribution in [2.45, 2.75) is 13.8 Å². The second-order valence-corrected chi connectivity index (χ2v) is 2.18. The molecule has 3 nitrogen and oxygen atoms in total. The first kappa shape index (κ1) is 7.78. The molecule has 11 heavy (non-hydrogen) atoms. The Labute approximate surface area is 63.3 Å². The summed E-state index contributed by atoms with van der Waals surface area (Å²) in [6.07, 6.45) is 1.19. The van der Waals surface area contributed by atoms with Gasteiger partial charge in [-0.1, -0.05) is 0 Å². The van der Waals surface area contributed by atoms with Gasteiger partial charge in [0.1, 0.15) is 5.82 Å². The molecule has 0 aliphatic rings. The third kappa shape index (κ3) is 1.58. The number of halogens is 1. The van der Waals surface area contributed by atoms with Crippen LogP contribution in [0.3, 0.4) is 0 Å². The minimum Gasteiger partial charge on any atom is -0.294 e. The predicted molar refractivity (Wildman–Crippen MR) is 36.7 cm³/mol. The van der Waals surface area contributed by atoms with Crippen molar-refractivity contribution in [1.82, 2.24) is 9.97 Å². The van der Waals surface area contributed by atoms with E-state index in [1.165, 1.54) is 13.1 Å². The van der Waals surface area contributed by atoms with Crippen molar-refractivity contribution < 1.29 is 9.18 Å². The molecule has 0 aromatic carbocycles. The lowest BCUT2D eigenvalue weighted by Crippen LogP contribution is -2.02. The fourth-order valence-corrected chi connectivity index (χ4v) is 0.679. The Hall–Kier alpha value is -1.32. The van der Waals surface area contributed by atoms with Gasteiger partial charge in [-0.25, -0.2) is 9.97 Å². The van der Waals surface area contributed by atoms with Gasteiger partial charge in [0, 0.05) is 6.20 Å². The topological polar surface area (TPSA) is 42.9 Å². The summed E-state index contributed by atoms with van der Waals surface area (Å²) in [7, 11) is 0. The molecule has 0 aliphatic heterocycles. The van der Waals surface area contributed by atoms with E-state index < -0.39 is 5.95 Å². The van der Waals surface area contributed by atoms with E-state index in [1.54, 1.807) is 6.92 Å². The van der Waals surface area contributed by atoms with Gasteiger partial charge in [-0.05, 0) is 13.8 Å². The minimum absolute atomic E-state index is 0.0596. The fraction of sp³-hybridized carbons (Fsp3) is 0.286. The van der Waals surface area contributed by atoms with Gasteiger partial charge in [0.25, 0.3) is 0 Å². The summed E-state index contributed by atoms with van der Waals surface area (Å²) >= 11 is 0. The highest BCUT2D eigenvalue weighted by Gasteiger charge is 2.08. The van der Waals surface area contributed by atoms with Gasteiger partial charge in [-0.2, -0.15) is 4.39 Å². The standard InChI is InChI=1S/C7H7FN2O/c1-4(11)6-3-9-5(2)10-7(6)8/h3H,1-2H3.